The lowest BCUT2D eigenvalue weighted by Gasteiger charge is -2.21. The van der Waals surface area contributed by atoms with Crippen LogP contribution in [0.15, 0.2) is 12.3 Å². The van der Waals surface area contributed by atoms with E-state index >= 15 is 0 Å². The van der Waals surface area contributed by atoms with Gasteiger partial charge in [0, 0.05) is 19.3 Å². The third-order valence-electron chi connectivity index (χ3n) is 2.61. The maximum Gasteiger partial charge on any atom is 0.151 e. The second-order valence-electron chi connectivity index (χ2n) is 4.23. The summed E-state index contributed by atoms with van der Waals surface area (Å²) in [6.07, 6.45) is 2.30. The van der Waals surface area contributed by atoms with Crippen molar-refractivity contribution in [3.05, 3.63) is 17.3 Å². The number of nitrogen functional groups attached to an aromatic ring is 1. The first-order chi connectivity index (χ1) is 6.98. The number of anilines is 2. The van der Waals surface area contributed by atoms with E-state index in [1.807, 2.05) is 11.8 Å². The number of aromatic nitrogens is 1. The molecule has 1 aliphatic heterocycles. The van der Waals surface area contributed by atoms with Crippen LogP contribution in [0.2, 0.25) is 5.02 Å². The average Bonchev–Trinajstić information content (AvgIpc) is 2.46. The zero-order valence-corrected chi connectivity index (χ0v) is 9.33. The van der Waals surface area contributed by atoms with Gasteiger partial charge in [0.1, 0.15) is 0 Å². The fraction of sp³-hybridized carbons (Fsp3) is 0.500. The minimum atomic E-state index is -0.645. The van der Waals surface area contributed by atoms with Crippen molar-refractivity contribution in [2.75, 3.05) is 23.7 Å². The van der Waals surface area contributed by atoms with Gasteiger partial charge in [-0.25, -0.2) is 4.98 Å². The van der Waals surface area contributed by atoms with Crippen LogP contribution in [0.5, 0.6) is 0 Å². The molecule has 0 spiro atoms. The standard InChI is InChI=1S/C10H14ClN3O/c1-10(15)2-3-14(6-10)9-8(12)4-7(11)5-13-9/h4-5,15H,2-3,6,12H2,1H3. The van der Waals surface area contributed by atoms with Gasteiger partial charge in [-0.1, -0.05) is 11.6 Å². The molecule has 3 N–H and O–H groups in total. The van der Waals surface area contributed by atoms with Gasteiger partial charge in [0.15, 0.2) is 5.82 Å². The summed E-state index contributed by atoms with van der Waals surface area (Å²) < 4.78 is 0. The van der Waals surface area contributed by atoms with E-state index in [2.05, 4.69) is 4.98 Å². The van der Waals surface area contributed by atoms with Crippen LogP contribution >= 0.6 is 11.6 Å². The van der Waals surface area contributed by atoms with Crippen molar-refractivity contribution in [1.82, 2.24) is 4.98 Å². The first kappa shape index (κ1) is 10.5. The molecule has 82 valence electrons. The molecule has 0 aromatic carbocycles. The second-order valence-corrected chi connectivity index (χ2v) is 4.67. The lowest BCUT2D eigenvalue weighted by Crippen LogP contribution is -2.30. The van der Waals surface area contributed by atoms with E-state index in [1.54, 1.807) is 12.3 Å². The molecule has 1 fully saturated rings. The Balaban J connectivity index is 2.24. The Morgan fingerprint density at radius 1 is 1.67 bits per heavy atom. The number of halogens is 1. The van der Waals surface area contributed by atoms with Crippen LogP contribution in [-0.4, -0.2) is 28.8 Å². The van der Waals surface area contributed by atoms with Crippen molar-refractivity contribution in [3.63, 3.8) is 0 Å². The third kappa shape index (κ3) is 2.16. The molecule has 1 aliphatic rings. The molecule has 1 saturated heterocycles. The van der Waals surface area contributed by atoms with Crippen molar-refractivity contribution in [2.45, 2.75) is 18.9 Å². The number of hydrogen-bond donors (Lipinski definition) is 2. The Hall–Kier alpha value is -1.00. The molecule has 0 radical (unpaired) electrons. The van der Waals surface area contributed by atoms with Crippen molar-refractivity contribution in [1.29, 1.82) is 0 Å². The minimum Gasteiger partial charge on any atom is -0.396 e. The molecule has 1 aromatic heterocycles. The Morgan fingerprint density at radius 2 is 2.40 bits per heavy atom. The highest BCUT2D eigenvalue weighted by Gasteiger charge is 2.32. The number of β-amino-alcohol motifs (C(OH)–C–C–N with tert-alkyl or cyclic N) is 1. The largest absolute Gasteiger partial charge is 0.396 e. The smallest absolute Gasteiger partial charge is 0.151 e. The molecule has 1 aromatic rings. The molecular weight excluding hydrogens is 214 g/mol. The molecule has 2 rings (SSSR count). The minimum absolute atomic E-state index is 0.530. The number of hydrogen-bond acceptors (Lipinski definition) is 4. The first-order valence-electron chi connectivity index (χ1n) is 4.86. The van der Waals surface area contributed by atoms with E-state index in [0.29, 0.717) is 23.1 Å². The van der Waals surface area contributed by atoms with Crippen molar-refractivity contribution in [3.8, 4) is 0 Å². The summed E-state index contributed by atoms with van der Waals surface area (Å²) in [7, 11) is 0. The van der Waals surface area contributed by atoms with Crippen molar-refractivity contribution >= 4 is 23.1 Å². The number of nitrogens with zero attached hydrogens (tertiary/aromatic N) is 2. The van der Waals surface area contributed by atoms with E-state index < -0.39 is 5.60 Å². The monoisotopic (exact) mass is 227 g/mol. The highest BCUT2D eigenvalue weighted by Crippen LogP contribution is 2.29. The lowest BCUT2D eigenvalue weighted by molar-refractivity contribution is 0.0839. The second kappa shape index (κ2) is 3.54. The summed E-state index contributed by atoms with van der Waals surface area (Å²) in [4.78, 5) is 6.16. The van der Waals surface area contributed by atoms with E-state index in [9.17, 15) is 5.11 Å². The van der Waals surface area contributed by atoms with Gasteiger partial charge < -0.3 is 15.7 Å². The Labute approximate surface area is 93.7 Å². The van der Waals surface area contributed by atoms with E-state index in [0.717, 1.165) is 13.0 Å². The van der Waals surface area contributed by atoms with Gasteiger partial charge in [-0.2, -0.15) is 0 Å². The van der Waals surface area contributed by atoms with E-state index in [-0.39, 0.29) is 0 Å². The van der Waals surface area contributed by atoms with Gasteiger partial charge >= 0.3 is 0 Å². The summed E-state index contributed by atoms with van der Waals surface area (Å²) in [6, 6.07) is 1.68. The fourth-order valence-electron chi connectivity index (χ4n) is 1.84. The Morgan fingerprint density at radius 3 is 2.93 bits per heavy atom. The third-order valence-corrected chi connectivity index (χ3v) is 2.82. The summed E-state index contributed by atoms with van der Waals surface area (Å²) in [5, 5.41) is 10.4. The predicted molar refractivity (Wildman–Crippen MR) is 61.1 cm³/mol. The summed E-state index contributed by atoms with van der Waals surface area (Å²) in [5.41, 5.74) is 5.73. The predicted octanol–water partition coefficient (Wildman–Crippen LogP) is 1.28. The first-order valence-corrected chi connectivity index (χ1v) is 5.24. The molecule has 0 aliphatic carbocycles. The van der Waals surface area contributed by atoms with Gasteiger partial charge in [-0.3, -0.25) is 0 Å². The highest BCUT2D eigenvalue weighted by molar-refractivity contribution is 6.30. The van der Waals surface area contributed by atoms with Crippen LogP contribution in [-0.2, 0) is 0 Å². The molecule has 1 atom stereocenters. The molecule has 2 heterocycles. The van der Waals surface area contributed by atoms with E-state index in [4.69, 9.17) is 17.3 Å². The number of pyridine rings is 1. The van der Waals surface area contributed by atoms with E-state index in [1.165, 1.54) is 0 Å². The van der Waals surface area contributed by atoms with Gasteiger partial charge in [0.05, 0.1) is 16.3 Å². The Kier molecular flexibility index (Phi) is 2.48. The van der Waals surface area contributed by atoms with Gasteiger partial charge in [-0.15, -0.1) is 0 Å². The number of rotatable bonds is 1. The van der Waals surface area contributed by atoms with Crippen LogP contribution in [0.4, 0.5) is 11.5 Å². The summed E-state index contributed by atoms with van der Waals surface area (Å²) >= 11 is 5.77. The Bertz CT molecular complexity index is 381. The van der Waals surface area contributed by atoms with Gasteiger partial charge in [0.2, 0.25) is 0 Å². The summed E-state index contributed by atoms with van der Waals surface area (Å²) in [6.45, 7) is 3.15. The molecule has 1 unspecified atom stereocenters. The van der Waals surface area contributed by atoms with Crippen LogP contribution in [0.25, 0.3) is 0 Å². The van der Waals surface area contributed by atoms with Crippen molar-refractivity contribution in [2.24, 2.45) is 0 Å². The molecule has 15 heavy (non-hydrogen) atoms. The maximum atomic E-state index is 9.84. The fourth-order valence-corrected chi connectivity index (χ4v) is 2.00. The van der Waals surface area contributed by atoms with Crippen LogP contribution in [0, 0.1) is 0 Å². The summed E-state index contributed by atoms with van der Waals surface area (Å²) in [5.74, 6) is 0.706. The molecule has 0 bridgehead atoms. The normalized spacial score (nSPS) is 25.9. The topological polar surface area (TPSA) is 62.4 Å². The maximum absolute atomic E-state index is 9.84. The SMILES string of the molecule is CC1(O)CCN(c2ncc(Cl)cc2N)C1. The molecule has 0 amide bonds. The zero-order valence-electron chi connectivity index (χ0n) is 8.57. The molecule has 4 nitrogen and oxygen atoms in total. The van der Waals surface area contributed by atoms with Gasteiger partial charge in [0.25, 0.3) is 0 Å². The highest BCUT2D eigenvalue weighted by atomic mass is 35.5. The zero-order chi connectivity index (χ0) is 11.1. The number of aliphatic hydroxyl groups is 1. The van der Waals surface area contributed by atoms with Crippen LogP contribution in [0.3, 0.4) is 0 Å². The molecular formula is C10H14ClN3O. The average molecular weight is 228 g/mol. The quantitative estimate of drug-likeness (QED) is 0.759. The van der Waals surface area contributed by atoms with Gasteiger partial charge in [-0.05, 0) is 19.4 Å². The van der Waals surface area contributed by atoms with Crippen LogP contribution < -0.4 is 10.6 Å². The molecule has 0 saturated carbocycles. The van der Waals surface area contributed by atoms with Crippen molar-refractivity contribution < 1.29 is 5.11 Å². The number of nitrogens with two attached hydrogens (primary N) is 1. The lowest BCUT2D eigenvalue weighted by atomic mass is 10.1. The van der Waals surface area contributed by atoms with Crippen LogP contribution in [0.1, 0.15) is 13.3 Å². The molecule has 5 heteroatoms.